The molecule has 0 spiro atoms. The van der Waals surface area contributed by atoms with Crippen LogP contribution in [0.25, 0.3) is 0 Å². The number of benzene rings is 2. The molecule has 2 amide bonds. The summed E-state index contributed by atoms with van der Waals surface area (Å²) in [5.74, 6) is -0.643. The van der Waals surface area contributed by atoms with Gasteiger partial charge in [-0.25, -0.2) is 5.43 Å². The third kappa shape index (κ3) is 6.49. The maximum absolute atomic E-state index is 11.8. The summed E-state index contributed by atoms with van der Waals surface area (Å²) < 4.78 is 0.857. The van der Waals surface area contributed by atoms with Crippen molar-refractivity contribution in [2.45, 2.75) is 12.8 Å². The number of halogens is 3. The van der Waals surface area contributed by atoms with Crippen molar-refractivity contribution in [1.82, 2.24) is 5.43 Å². The lowest BCUT2D eigenvalue weighted by molar-refractivity contribution is -0.124. The van der Waals surface area contributed by atoms with Crippen molar-refractivity contribution in [1.29, 1.82) is 0 Å². The van der Waals surface area contributed by atoms with Gasteiger partial charge in [-0.1, -0.05) is 51.3 Å². The van der Waals surface area contributed by atoms with Crippen molar-refractivity contribution >= 4 is 62.8 Å². The number of rotatable bonds is 6. The molecule has 5 nitrogen and oxygen atoms in total. The van der Waals surface area contributed by atoms with Crippen LogP contribution in [0, 0.1) is 0 Å². The minimum absolute atomic E-state index is 0.00737. The molecule has 0 radical (unpaired) electrons. The van der Waals surface area contributed by atoms with E-state index in [9.17, 15) is 9.59 Å². The first-order valence-corrected chi connectivity index (χ1v) is 8.82. The average molecular weight is 443 g/mol. The largest absolute Gasteiger partial charge is 0.326 e. The maximum atomic E-state index is 11.8. The highest BCUT2D eigenvalue weighted by Gasteiger charge is 2.07. The SMILES string of the molecule is O=C(CCC(=O)Nc1cccc(Br)c1)NN=Cc1c(Cl)cccc1Cl. The van der Waals surface area contributed by atoms with Gasteiger partial charge in [-0.15, -0.1) is 0 Å². The third-order valence-electron chi connectivity index (χ3n) is 3.07. The summed E-state index contributed by atoms with van der Waals surface area (Å²) in [5, 5.41) is 7.38. The first-order chi connectivity index (χ1) is 12.0. The molecule has 0 heterocycles. The Labute approximate surface area is 163 Å². The zero-order chi connectivity index (χ0) is 18.2. The third-order valence-corrected chi connectivity index (χ3v) is 4.22. The molecule has 130 valence electrons. The highest BCUT2D eigenvalue weighted by Crippen LogP contribution is 2.22. The van der Waals surface area contributed by atoms with Gasteiger partial charge in [-0.05, 0) is 30.3 Å². The molecule has 25 heavy (non-hydrogen) atoms. The van der Waals surface area contributed by atoms with Crippen molar-refractivity contribution in [3.63, 3.8) is 0 Å². The van der Waals surface area contributed by atoms with Gasteiger partial charge in [0.1, 0.15) is 0 Å². The molecule has 2 aromatic carbocycles. The number of hydrogen-bond acceptors (Lipinski definition) is 3. The van der Waals surface area contributed by atoms with Crippen LogP contribution in [-0.2, 0) is 9.59 Å². The van der Waals surface area contributed by atoms with Gasteiger partial charge in [-0.2, -0.15) is 5.10 Å². The molecule has 0 bridgehead atoms. The number of nitrogens with zero attached hydrogens (tertiary/aromatic N) is 1. The van der Waals surface area contributed by atoms with Gasteiger partial charge in [0.15, 0.2) is 0 Å². The van der Waals surface area contributed by atoms with E-state index >= 15 is 0 Å². The number of amides is 2. The summed E-state index contributed by atoms with van der Waals surface area (Å²) in [6.07, 6.45) is 1.41. The molecule has 0 fully saturated rings. The Morgan fingerprint density at radius 1 is 1.04 bits per heavy atom. The fourth-order valence-electron chi connectivity index (χ4n) is 1.88. The van der Waals surface area contributed by atoms with Gasteiger partial charge in [0.25, 0.3) is 0 Å². The highest BCUT2D eigenvalue weighted by molar-refractivity contribution is 9.10. The molecule has 2 N–H and O–H groups in total. The normalized spacial score (nSPS) is 10.7. The Bertz CT molecular complexity index is 792. The second-order valence-corrected chi connectivity index (χ2v) is 6.72. The standard InChI is InChI=1S/C17H14BrCl2N3O2/c18-11-3-1-4-12(9-11)22-16(24)7-8-17(25)23-21-10-13-14(19)5-2-6-15(13)20/h1-6,9-10H,7-8H2,(H,22,24)(H,23,25). The number of carbonyl (C=O) groups excluding carboxylic acids is 2. The second kappa shape index (κ2) is 9.56. The fourth-order valence-corrected chi connectivity index (χ4v) is 2.77. The van der Waals surface area contributed by atoms with E-state index in [-0.39, 0.29) is 24.7 Å². The summed E-state index contributed by atoms with van der Waals surface area (Å²) in [4.78, 5) is 23.6. The fraction of sp³-hybridized carbons (Fsp3) is 0.118. The van der Waals surface area contributed by atoms with E-state index in [1.807, 2.05) is 6.07 Å². The van der Waals surface area contributed by atoms with Crippen LogP contribution >= 0.6 is 39.1 Å². The Morgan fingerprint density at radius 2 is 1.68 bits per heavy atom. The molecular formula is C17H14BrCl2N3O2. The Hall–Kier alpha value is -1.89. The molecule has 8 heteroatoms. The molecule has 2 aromatic rings. The molecule has 0 aliphatic carbocycles. The smallest absolute Gasteiger partial charge is 0.240 e. The maximum Gasteiger partial charge on any atom is 0.240 e. The molecule has 2 rings (SSSR count). The van der Waals surface area contributed by atoms with Crippen LogP contribution in [0.5, 0.6) is 0 Å². The van der Waals surface area contributed by atoms with Crippen LogP contribution in [0.3, 0.4) is 0 Å². The summed E-state index contributed by atoms with van der Waals surface area (Å²) in [7, 11) is 0. The van der Waals surface area contributed by atoms with Crippen LogP contribution in [0.4, 0.5) is 5.69 Å². The van der Waals surface area contributed by atoms with Gasteiger partial charge in [-0.3, -0.25) is 9.59 Å². The predicted octanol–water partition coefficient (Wildman–Crippen LogP) is 4.62. The second-order valence-electron chi connectivity index (χ2n) is 4.99. The minimum atomic E-state index is -0.385. The molecule has 0 aliphatic heterocycles. The number of hydrogen-bond donors (Lipinski definition) is 2. The average Bonchev–Trinajstić information content (AvgIpc) is 2.56. The van der Waals surface area contributed by atoms with Crippen molar-refractivity contribution in [3.8, 4) is 0 Å². The van der Waals surface area contributed by atoms with Gasteiger partial charge >= 0.3 is 0 Å². The van der Waals surface area contributed by atoms with E-state index in [1.54, 1.807) is 36.4 Å². The minimum Gasteiger partial charge on any atom is -0.326 e. The van der Waals surface area contributed by atoms with E-state index < -0.39 is 0 Å². The Balaban J connectivity index is 1.78. The monoisotopic (exact) mass is 441 g/mol. The molecular weight excluding hydrogens is 429 g/mol. The highest BCUT2D eigenvalue weighted by atomic mass is 79.9. The van der Waals surface area contributed by atoms with Crippen molar-refractivity contribution in [2.24, 2.45) is 5.10 Å². The number of carbonyl (C=O) groups is 2. The van der Waals surface area contributed by atoms with Crippen molar-refractivity contribution in [2.75, 3.05) is 5.32 Å². The molecule has 0 aromatic heterocycles. The molecule has 0 saturated heterocycles. The van der Waals surface area contributed by atoms with E-state index in [2.05, 4.69) is 31.8 Å². The van der Waals surface area contributed by atoms with E-state index in [1.165, 1.54) is 6.21 Å². The van der Waals surface area contributed by atoms with E-state index in [0.717, 1.165) is 4.47 Å². The predicted molar refractivity (Wildman–Crippen MR) is 104 cm³/mol. The molecule has 0 aliphatic rings. The Kier molecular flexibility index (Phi) is 7.43. The molecule has 0 unspecified atom stereocenters. The topological polar surface area (TPSA) is 70.6 Å². The van der Waals surface area contributed by atoms with E-state index in [4.69, 9.17) is 23.2 Å². The van der Waals surface area contributed by atoms with Crippen LogP contribution in [-0.4, -0.2) is 18.0 Å². The molecule has 0 saturated carbocycles. The van der Waals surface area contributed by atoms with Crippen molar-refractivity contribution in [3.05, 3.63) is 62.5 Å². The quantitative estimate of drug-likeness (QED) is 0.505. The van der Waals surface area contributed by atoms with Gasteiger partial charge in [0, 0.05) is 28.6 Å². The number of anilines is 1. The van der Waals surface area contributed by atoms with Crippen LogP contribution in [0.2, 0.25) is 10.0 Å². The van der Waals surface area contributed by atoms with Crippen molar-refractivity contribution < 1.29 is 9.59 Å². The van der Waals surface area contributed by atoms with Gasteiger partial charge in [0.2, 0.25) is 11.8 Å². The van der Waals surface area contributed by atoms with Gasteiger partial charge < -0.3 is 5.32 Å². The number of hydrazone groups is 1. The van der Waals surface area contributed by atoms with Gasteiger partial charge in [0.05, 0.1) is 16.3 Å². The van der Waals surface area contributed by atoms with Crippen LogP contribution < -0.4 is 10.7 Å². The van der Waals surface area contributed by atoms with Crippen LogP contribution in [0.1, 0.15) is 18.4 Å². The van der Waals surface area contributed by atoms with E-state index in [0.29, 0.717) is 21.3 Å². The summed E-state index contributed by atoms with van der Waals surface area (Å²) >= 11 is 15.3. The number of nitrogens with one attached hydrogen (secondary N) is 2. The first kappa shape index (κ1) is 19.4. The lowest BCUT2D eigenvalue weighted by atomic mass is 10.2. The zero-order valence-electron chi connectivity index (χ0n) is 12.9. The lowest BCUT2D eigenvalue weighted by Crippen LogP contribution is -2.20. The zero-order valence-corrected chi connectivity index (χ0v) is 16.0. The summed E-state index contributed by atoms with van der Waals surface area (Å²) in [5.41, 5.74) is 3.51. The summed E-state index contributed by atoms with van der Waals surface area (Å²) in [6, 6.07) is 12.2. The summed E-state index contributed by atoms with van der Waals surface area (Å²) in [6.45, 7) is 0. The van der Waals surface area contributed by atoms with Crippen LogP contribution in [0.15, 0.2) is 52.0 Å². The molecule has 0 atom stereocenters. The lowest BCUT2D eigenvalue weighted by Gasteiger charge is -2.05. The first-order valence-electron chi connectivity index (χ1n) is 7.27. The Morgan fingerprint density at radius 3 is 2.36 bits per heavy atom.